The highest BCUT2D eigenvalue weighted by atomic mass is 16.5. The molecule has 1 N–H and O–H groups in total. The Morgan fingerprint density at radius 3 is 2.35 bits per heavy atom. The van der Waals surface area contributed by atoms with Gasteiger partial charge < -0.3 is 15.0 Å². The summed E-state index contributed by atoms with van der Waals surface area (Å²) in [5, 5.41) is 3.52. The van der Waals surface area contributed by atoms with Gasteiger partial charge in [-0.25, -0.2) is 0 Å². The van der Waals surface area contributed by atoms with Gasteiger partial charge in [0.15, 0.2) is 0 Å². The third-order valence-electron chi connectivity index (χ3n) is 3.43. The molecule has 1 rings (SSSR count). The summed E-state index contributed by atoms with van der Waals surface area (Å²) >= 11 is 0. The number of likely N-dealkylation sites (N-methyl/N-ethyl adjacent to an activating group) is 1. The molecule has 0 amide bonds. The largest absolute Gasteiger partial charge is 0.372 e. The molecule has 0 bridgehead atoms. The van der Waals surface area contributed by atoms with E-state index in [1.54, 1.807) is 0 Å². The Balaban J connectivity index is 2.23. The third kappa shape index (κ3) is 5.84. The van der Waals surface area contributed by atoms with Crippen LogP contribution in [0.25, 0.3) is 0 Å². The molecule has 1 fully saturated rings. The van der Waals surface area contributed by atoms with Crippen molar-refractivity contribution >= 4 is 0 Å². The van der Waals surface area contributed by atoms with Gasteiger partial charge in [-0.1, -0.05) is 0 Å². The molecule has 2 atom stereocenters. The molecular weight excluding hydrogens is 212 g/mol. The molecule has 1 aliphatic rings. The van der Waals surface area contributed by atoms with Crippen molar-refractivity contribution in [2.24, 2.45) is 0 Å². The average molecular weight is 242 g/mol. The number of nitrogens with one attached hydrogen (secondary N) is 1. The van der Waals surface area contributed by atoms with E-state index in [-0.39, 0.29) is 5.54 Å². The second-order valence-electron chi connectivity index (χ2n) is 6.62. The lowest BCUT2D eigenvalue weighted by Gasteiger charge is -2.26. The molecule has 0 saturated carbocycles. The van der Waals surface area contributed by atoms with Crippen LogP contribution in [0.3, 0.4) is 0 Å². The van der Waals surface area contributed by atoms with Crippen molar-refractivity contribution in [3.05, 3.63) is 0 Å². The van der Waals surface area contributed by atoms with Crippen molar-refractivity contribution in [3.8, 4) is 0 Å². The van der Waals surface area contributed by atoms with Gasteiger partial charge in [-0.05, 0) is 54.5 Å². The van der Waals surface area contributed by atoms with Gasteiger partial charge in [-0.3, -0.25) is 0 Å². The Kier molecular flexibility index (Phi) is 5.42. The second-order valence-corrected chi connectivity index (χ2v) is 6.62. The van der Waals surface area contributed by atoms with Crippen LogP contribution in [0.1, 0.15) is 47.5 Å². The maximum absolute atomic E-state index is 6.07. The zero-order valence-electron chi connectivity index (χ0n) is 12.4. The zero-order chi connectivity index (χ0) is 13.1. The predicted molar refractivity (Wildman–Crippen MR) is 73.4 cm³/mol. The topological polar surface area (TPSA) is 24.5 Å². The molecule has 3 heteroatoms. The number of hydrogen-bond acceptors (Lipinski definition) is 3. The molecule has 1 heterocycles. The van der Waals surface area contributed by atoms with Crippen LogP contribution in [0, 0.1) is 0 Å². The van der Waals surface area contributed by atoms with Gasteiger partial charge in [0.2, 0.25) is 0 Å². The Hall–Kier alpha value is -0.120. The third-order valence-corrected chi connectivity index (χ3v) is 3.43. The van der Waals surface area contributed by atoms with Gasteiger partial charge in [0.1, 0.15) is 0 Å². The van der Waals surface area contributed by atoms with Crippen molar-refractivity contribution in [2.45, 2.75) is 71.2 Å². The summed E-state index contributed by atoms with van der Waals surface area (Å²) in [4.78, 5) is 2.37. The van der Waals surface area contributed by atoms with Crippen LogP contribution in [0.15, 0.2) is 0 Å². The fourth-order valence-corrected chi connectivity index (χ4v) is 2.02. The summed E-state index contributed by atoms with van der Waals surface area (Å²) in [6.45, 7) is 13.1. The summed E-state index contributed by atoms with van der Waals surface area (Å²) in [7, 11) is 2.18. The van der Waals surface area contributed by atoms with Crippen LogP contribution in [0.2, 0.25) is 0 Å². The first-order chi connectivity index (χ1) is 7.78. The van der Waals surface area contributed by atoms with Gasteiger partial charge in [-0.15, -0.1) is 0 Å². The molecule has 3 nitrogen and oxygen atoms in total. The lowest BCUT2D eigenvalue weighted by atomic mass is 10.1. The van der Waals surface area contributed by atoms with E-state index in [1.807, 2.05) is 0 Å². The van der Waals surface area contributed by atoms with Crippen LogP contribution < -0.4 is 5.32 Å². The molecule has 2 unspecified atom stereocenters. The highest BCUT2D eigenvalue weighted by Crippen LogP contribution is 2.20. The summed E-state index contributed by atoms with van der Waals surface area (Å²) in [5.41, 5.74) is 0.191. The second kappa shape index (κ2) is 6.17. The predicted octanol–water partition coefficient (Wildman–Crippen LogP) is 2.26. The minimum Gasteiger partial charge on any atom is -0.372 e. The number of ether oxygens (including phenoxy) is 1. The Morgan fingerprint density at radius 2 is 1.82 bits per heavy atom. The van der Waals surface area contributed by atoms with Crippen molar-refractivity contribution in [2.75, 3.05) is 20.1 Å². The molecule has 0 aliphatic carbocycles. The number of hydrogen-bond donors (Lipinski definition) is 1. The first-order valence-corrected chi connectivity index (χ1v) is 6.88. The first kappa shape index (κ1) is 14.9. The molecule has 102 valence electrons. The smallest absolute Gasteiger partial charge is 0.0707 e. The van der Waals surface area contributed by atoms with E-state index in [9.17, 15) is 0 Å². The fraction of sp³-hybridized carbons (Fsp3) is 1.00. The van der Waals surface area contributed by atoms with Gasteiger partial charge in [0, 0.05) is 24.7 Å². The maximum atomic E-state index is 6.07. The molecular formula is C14H30N2O. The minimum absolute atomic E-state index is 0.191. The molecule has 1 aliphatic heterocycles. The monoisotopic (exact) mass is 242 g/mol. The SMILES string of the molecule is CC(C)N(C)CC1CCC(CNC(C)(C)C)O1. The van der Waals surface area contributed by atoms with Crippen molar-refractivity contribution < 1.29 is 4.74 Å². The molecule has 0 spiro atoms. The highest BCUT2D eigenvalue weighted by molar-refractivity contribution is 4.80. The van der Waals surface area contributed by atoms with Crippen LogP contribution in [0.5, 0.6) is 0 Å². The molecule has 0 aromatic heterocycles. The normalized spacial score (nSPS) is 26.1. The van der Waals surface area contributed by atoms with Gasteiger partial charge in [0.25, 0.3) is 0 Å². The van der Waals surface area contributed by atoms with E-state index in [0.29, 0.717) is 18.2 Å². The Morgan fingerprint density at radius 1 is 1.24 bits per heavy atom. The first-order valence-electron chi connectivity index (χ1n) is 6.88. The quantitative estimate of drug-likeness (QED) is 0.800. The van der Waals surface area contributed by atoms with Crippen LogP contribution in [0.4, 0.5) is 0 Å². The minimum atomic E-state index is 0.191. The van der Waals surface area contributed by atoms with E-state index in [2.05, 4.69) is 51.9 Å². The fourth-order valence-electron chi connectivity index (χ4n) is 2.02. The number of rotatable bonds is 5. The van der Waals surface area contributed by atoms with Crippen molar-refractivity contribution in [1.29, 1.82) is 0 Å². The maximum Gasteiger partial charge on any atom is 0.0707 e. The highest BCUT2D eigenvalue weighted by Gasteiger charge is 2.27. The summed E-state index contributed by atoms with van der Waals surface area (Å²) < 4.78 is 6.07. The summed E-state index contributed by atoms with van der Waals surface area (Å²) in [6, 6.07) is 0.602. The van der Waals surface area contributed by atoms with Gasteiger partial charge >= 0.3 is 0 Å². The summed E-state index contributed by atoms with van der Waals surface area (Å²) in [6.07, 6.45) is 3.22. The zero-order valence-corrected chi connectivity index (χ0v) is 12.4. The van der Waals surface area contributed by atoms with Gasteiger partial charge in [-0.2, -0.15) is 0 Å². The van der Waals surface area contributed by atoms with E-state index in [4.69, 9.17) is 4.74 Å². The van der Waals surface area contributed by atoms with E-state index >= 15 is 0 Å². The molecule has 17 heavy (non-hydrogen) atoms. The Bertz CT molecular complexity index is 223. The molecule has 0 radical (unpaired) electrons. The van der Waals surface area contributed by atoms with Gasteiger partial charge in [0.05, 0.1) is 12.2 Å². The number of nitrogens with zero attached hydrogens (tertiary/aromatic N) is 1. The van der Waals surface area contributed by atoms with E-state index < -0.39 is 0 Å². The summed E-state index contributed by atoms with van der Waals surface area (Å²) in [5.74, 6) is 0. The lowest BCUT2D eigenvalue weighted by molar-refractivity contribution is 0.0206. The van der Waals surface area contributed by atoms with E-state index in [0.717, 1.165) is 13.1 Å². The van der Waals surface area contributed by atoms with Crippen LogP contribution in [-0.2, 0) is 4.74 Å². The lowest BCUT2D eigenvalue weighted by Crippen LogP contribution is -2.41. The van der Waals surface area contributed by atoms with Crippen molar-refractivity contribution in [3.63, 3.8) is 0 Å². The molecule has 0 aromatic carbocycles. The van der Waals surface area contributed by atoms with Crippen molar-refractivity contribution in [1.82, 2.24) is 10.2 Å². The molecule has 1 saturated heterocycles. The van der Waals surface area contributed by atoms with Crippen LogP contribution in [-0.4, -0.2) is 48.8 Å². The Labute approximate surface area is 107 Å². The van der Waals surface area contributed by atoms with E-state index in [1.165, 1.54) is 12.8 Å². The molecule has 0 aromatic rings. The average Bonchev–Trinajstić information content (AvgIpc) is 2.61. The van der Waals surface area contributed by atoms with Crippen LogP contribution >= 0.6 is 0 Å². The standard InChI is InChI=1S/C14H30N2O/c1-11(2)16(6)10-13-8-7-12(17-13)9-15-14(3,4)5/h11-13,15H,7-10H2,1-6H3.